The lowest BCUT2D eigenvalue weighted by Gasteiger charge is -2.26. The number of nitrogens with zero attached hydrogens (tertiary/aromatic N) is 1. The van der Waals surface area contributed by atoms with E-state index in [1.165, 1.54) is 19.3 Å². The molecule has 1 aromatic rings. The van der Waals surface area contributed by atoms with Crippen molar-refractivity contribution < 1.29 is 4.74 Å². The van der Waals surface area contributed by atoms with Gasteiger partial charge in [0.2, 0.25) is 0 Å². The minimum absolute atomic E-state index is 0.0865. The van der Waals surface area contributed by atoms with Gasteiger partial charge in [-0.1, -0.05) is 19.8 Å². The Hall–Kier alpha value is -1.55. The Balaban J connectivity index is 2.37. The molecule has 0 aliphatic heterocycles. The molecule has 21 heavy (non-hydrogen) atoms. The van der Waals surface area contributed by atoms with Gasteiger partial charge in [0.05, 0.1) is 0 Å². The first-order valence-electron chi connectivity index (χ1n) is 7.86. The van der Waals surface area contributed by atoms with Crippen molar-refractivity contribution in [1.29, 1.82) is 5.41 Å². The first-order valence-corrected chi connectivity index (χ1v) is 7.86. The molecule has 0 amide bonds. The second-order valence-electron chi connectivity index (χ2n) is 5.62. The maximum Gasteiger partial charge on any atom is 0.122 e. The zero-order valence-corrected chi connectivity index (χ0v) is 13.6. The van der Waals surface area contributed by atoms with E-state index in [-0.39, 0.29) is 5.84 Å². The average Bonchev–Trinajstić information content (AvgIpc) is 2.46. The molecule has 0 saturated carbocycles. The number of amidine groups is 1. The zero-order valence-electron chi connectivity index (χ0n) is 13.6. The Morgan fingerprint density at radius 1 is 1.19 bits per heavy atom. The highest BCUT2D eigenvalue weighted by Crippen LogP contribution is 2.12. The van der Waals surface area contributed by atoms with E-state index in [9.17, 15) is 0 Å². The molecule has 3 N–H and O–H groups in total. The molecule has 118 valence electrons. The molecule has 0 spiro atoms. The average molecular weight is 291 g/mol. The Morgan fingerprint density at radius 2 is 1.86 bits per heavy atom. The lowest BCUT2D eigenvalue weighted by Crippen LogP contribution is -2.35. The highest BCUT2D eigenvalue weighted by molar-refractivity contribution is 5.94. The van der Waals surface area contributed by atoms with Crippen molar-refractivity contribution in [2.24, 2.45) is 5.73 Å². The number of hydrogen-bond acceptors (Lipinski definition) is 3. The first-order chi connectivity index (χ1) is 10.0. The van der Waals surface area contributed by atoms with Crippen LogP contribution in [0.25, 0.3) is 0 Å². The standard InChI is InChI=1S/C17H29N3O/c1-4-5-6-11-20(14(2)3)12-13-21-16-9-7-15(8-10-16)17(18)19/h7-10,14H,4-6,11-13H2,1-3H3,(H3,18,19). The fourth-order valence-electron chi connectivity index (χ4n) is 2.20. The third-order valence-corrected chi connectivity index (χ3v) is 3.59. The highest BCUT2D eigenvalue weighted by Gasteiger charge is 2.08. The van der Waals surface area contributed by atoms with Crippen LogP contribution < -0.4 is 10.5 Å². The van der Waals surface area contributed by atoms with Crippen LogP contribution in [0.3, 0.4) is 0 Å². The lowest BCUT2D eigenvalue weighted by atomic mass is 10.2. The molecule has 0 aliphatic rings. The summed E-state index contributed by atoms with van der Waals surface area (Å²) in [5.74, 6) is 0.917. The molecule has 4 heteroatoms. The second-order valence-corrected chi connectivity index (χ2v) is 5.62. The second kappa shape index (κ2) is 9.40. The van der Waals surface area contributed by atoms with Gasteiger partial charge in [-0.2, -0.15) is 0 Å². The molecule has 0 aliphatic carbocycles. The van der Waals surface area contributed by atoms with Crippen molar-refractivity contribution in [1.82, 2.24) is 4.90 Å². The number of unbranched alkanes of at least 4 members (excludes halogenated alkanes) is 2. The van der Waals surface area contributed by atoms with Gasteiger partial charge in [0.15, 0.2) is 0 Å². The number of nitrogen functional groups attached to an aromatic ring is 1. The topological polar surface area (TPSA) is 62.3 Å². The van der Waals surface area contributed by atoms with Crippen molar-refractivity contribution in [2.45, 2.75) is 46.1 Å². The predicted molar refractivity (Wildman–Crippen MR) is 89.2 cm³/mol. The summed E-state index contributed by atoms with van der Waals surface area (Å²) in [6, 6.07) is 7.92. The molecule has 0 heterocycles. The van der Waals surface area contributed by atoms with Crippen LogP contribution in [0.1, 0.15) is 45.6 Å². The lowest BCUT2D eigenvalue weighted by molar-refractivity contribution is 0.173. The van der Waals surface area contributed by atoms with Gasteiger partial charge in [-0.25, -0.2) is 0 Å². The van der Waals surface area contributed by atoms with Gasteiger partial charge >= 0.3 is 0 Å². The van der Waals surface area contributed by atoms with Crippen molar-refractivity contribution in [3.63, 3.8) is 0 Å². The summed E-state index contributed by atoms with van der Waals surface area (Å²) < 4.78 is 5.77. The minimum Gasteiger partial charge on any atom is -0.492 e. The van der Waals surface area contributed by atoms with Crippen LogP contribution in [0.5, 0.6) is 5.75 Å². The van der Waals surface area contributed by atoms with Crippen LogP contribution in [0.15, 0.2) is 24.3 Å². The SMILES string of the molecule is CCCCCN(CCOc1ccc(C(=N)N)cc1)C(C)C. The van der Waals surface area contributed by atoms with Gasteiger partial charge in [-0.15, -0.1) is 0 Å². The maximum atomic E-state index is 7.36. The van der Waals surface area contributed by atoms with Gasteiger partial charge in [-0.05, 0) is 51.1 Å². The smallest absolute Gasteiger partial charge is 0.122 e. The van der Waals surface area contributed by atoms with E-state index in [1.807, 2.05) is 24.3 Å². The van der Waals surface area contributed by atoms with E-state index in [0.717, 1.165) is 24.4 Å². The normalized spacial score (nSPS) is 11.1. The van der Waals surface area contributed by atoms with Gasteiger partial charge in [0, 0.05) is 18.2 Å². The van der Waals surface area contributed by atoms with Gasteiger partial charge in [0.25, 0.3) is 0 Å². The molecule has 1 rings (SSSR count). The van der Waals surface area contributed by atoms with Crippen LogP contribution in [0, 0.1) is 5.41 Å². The maximum absolute atomic E-state index is 7.36. The molecule has 0 atom stereocenters. The van der Waals surface area contributed by atoms with Crippen molar-refractivity contribution in [2.75, 3.05) is 19.7 Å². The quantitative estimate of drug-likeness (QED) is 0.395. The number of nitrogens with two attached hydrogens (primary N) is 1. The van der Waals surface area contributed by atoms with E-state index in [0.29, 0.717) is 12.6 Å². The largest absolute Gasteiger partial charge is 0.492 e. The molecular formula is C17H29N3O. The summed E-state index contributed by atoms with van der Waals surface area (Å²) in [6.07, 6.45) is 3.80. The predicted octanol–water partition coefficient (Wildman–Crippen LogP) is 3.25. The van der Waals surface area contributed by atoms with E-state index in [2.05, 4.69) is 25.7 Å². The summed E-state index contributed by atoms with van der Waals surface area (Å²) in [5.41, 5.74) is 6.16. The van der Waals surface area contributed by atoms with Crippen LogP contribution in [-0.4, -0.2) is 36.5 Å². The van der Waals surface area contributed by atoms with E-state index in [1.54, 1.807) is 0 Å². The molecule has 0 radical (unpaired) electrons. The number of ether oxygens (including phenoxy) is 1. The Bertz CT molecular complexity index is 415. The summed E-state index contributed by atoms with van der Waals surface area (Å²) >= 11 is 0. The van der Waals surface area contributed by atoms with Crippen LogP contribution in [0.2, 0.25) is 0 Å². The van der Waals surface area contributed by atoms with Crippen molar-refractivity contribution in [3.05, 3.63) is 29.8 Å². The fraction of sp³-hybridized carbons (Fsp3) is 0.588. The molecule has 0 saturated heterocycles. The molecule has 0 bridgehead atoms. The zero-order chi connectivity index (χ0) is 15.7. The van der Waals surface area contributed by atoms with Gasteiger partial charge in [0.1, 0.15) is 18.2 Å². The van der Waals surface area contributed by atoms with Crippen molar-refractivity contribution in [3.8, 4) is 5.75 Å². The third-order valence-electron chi connectivity index (χ3n) is 3.59. The van der Waals surface area contributed by atoms with E-state index in [4.69, 9.17) is 15.9 Å². The fourth-order valence-corrected chi connectivity index (χ4v) is 2.20. The van der Waals surface area contributed by atoms with E-state index >= 15 is 0 Å². The van der Waals surface area contributed by atoms with E-state index < -0.39 is 0 Å². The molecule has 0 unspecified atom stereocenters. The minimum atomic E-state index is 0.0865. The van der Waals surface area contributed by atoms with Crippen LogP contribution in [-0.2, 0) is 0 Å². The molecular weight excluding hydrogens is 262 g/mol. The number of nitrogens with one attached hydrogen (secondary N) is 1. The Morgan fingerprint density at radius 3 is 2.38 bits per heavy atom. The summed E-state index contributed by atoms with van der Waals surface area (Å²) in [7, 11) is 0. The van der Waals surface area contributed by atoms with Gasteiger partial charge in [-0.3, -0.25) is 10.3 Å². The van der Waals surface area contributed by atoms with Crippen LogP contribution >= 0.6 is 0 Å². The molecule has 4 nitrogen and oxygen atoms in total. The molecule has 0 aromatic heterocycles. The monoisotopic (exact) mass is 291 g/mol. The highest BCUT2D eigenvalue weighted by atomic mass is 16.5. The Labute approximate surface area is 128 Å². The molecule has 1 aromatic carbocycles. The summed E-state index contributed by atoms with van der Waals surface area (Å²) in [4.78, 5) is 2.46. The summed E-state index contributed by atoms with van der Waals surface area (Å²) in [6.45, 7) is 9.45. The van der Waals surface area contributed by atoms with Crippen molar-refractivity contribution >= 4 is 5.84 Å². The Kier molecular flexibility index (Phi) is 7.83. The third kappa shape index (κ3) is 6.63. The number of benzene rings is 1. The summed E-state index contributed by atoms with van der Waals surface area (Å²) in [5, 5.41) is 7.36. The van der Waals surface area contributed by atoms with Crippen LogP contribution in [0.4, 0.5) is 0 Å². The number of rotatable bonds is 10. The molecule has 0 fully saturated rings. The van der Waals surface area contributed by atoms with Gasteiger partial charge < -0.3 is 10.5 Å². The first kappa shape index (κ1) is 17.5. The number of hydrogen-bond donors (Lipinski definition) is 2.